The maximum Gasteiger partial charge on any atom is 0.143 e. The molecule has 0 aliphatic rings. The summed E-state index contributed by atoms with van der Waals surface area (Å²) in [5.41, 5.74) is 2.80. The van der Waals surface area contributed by atoms with Gasteiger partial charge in [0.1, 0.15) is 11.2 Å². The zero-order valence-electron chi connectivity index (χ0n) is 35.6. The van der Waals surface area contributed by atoms with Gasteiger partial charge in [0.15, 0.2) is 0 Å². The zero-order chi connectivity index (χ0) is 40.9. The monoisotopic (exact) mass is 646 g/mol. The van der Waals surface area contributed by atoms with Gasteiger partial charge in [-0.15, -0.1) is 0 Å². The first-order chi connectivity index (χ1) is 28.5. The number of para-hydroxylation sites is 2. The summed E-state index contributed by atoms with van der Waals surface area (Å²) < 4.78 is 88.5. The maximum atomic E-state index is 9.58. The molecule has 9 aromatic carbocycles. The fourth-order valence-electron chi connectivity index (χ4n) is 7.11. The van der Waals surface area contributed by atoms with E-state index >= 15 is 0 Å². The molecule has 0 atom stereocenters. The van der Waals surface area contributed by atoms with Gasteiger partial charge in [-0.05, 0) is 92.1 Å². The van der Waals surface area contributed by atoms with E-state index < -0.39 is 42.3 Å². The fraction of sp³-hybridized carbons (Fsp3) is 0. The lowest BCUT2D eigenvalue weighted by molar-refractivity contribution is 0.673. The number of benzene rings is 9. The smallest absolute Gasteiger partial charge is 0.143 e. The van der Waals surface area contributed by atoms with Gasteiger partial charge in [-0.25, -0.2) is 0 Å². The van der Waals surface area contributed by atoms with Crippen molar-refractivity contribution in [1.29, 1.82) is 0 Å². The van der Waals surface area contributed by atoms with Crippen molar-refractivity contribution >= 4 is 71.3 Å². The molecule has 0 N–H and O–H groups in total. The molecule has 0 amide bonds. The summed E-state index contributed by atoms with van der Waals surface area (Å²) in [6.07, 6.45) is 0. The van der Waals surface area contributed by atoms with E-state index in [1.165, 1.54) is 4.90 Å². The zero-order valence-corrected chi connectivity index (χ0v) is 26.6. The normalized spacial score (nSPS) is 14.1. The average Bonchev–Trinajstić information content (AvgIpc) is 3.66. The van der Waals surface area contributed by atoms with Crippen LogP contribution in [0.3, 0.4) is 0 Å². The highest BCUT2D eigenvalue weighted by atomic mass is 16.3. The van der Waals surface area contributed by atoms with Crippen LogP contribution in [0.2, 0.25) is 0 Å². The minimum atomic E-state index is -0.603. The number of fused-ring (bicyclic) bond motifs is 8. The predicted molar refractivity (Wildman–Crippen MR) is 212 cm³/mol. The van der Waals surface area contributed by atoms with Crippen molar-refractivity contribution < 1.29 is 16.8 Å². The van der Waals surface area contributed by atoms with Crippen LogP contribution in [0.25, 0.3) is 76.5 Å². The van der Waals surface area contributed by atoms with Gasteiger partial charge >= 0.3 is 0 Å². The van der Waals surface area contributed by atoms with Crippen LogP contribution in [-0.2, 0) is 0 Å². The van der Waals surface area contributed by atoms with Crippen molar-refractivity contribution in [2.45, 2.75) is 0 Å². The second-order valence-corrected chi connectivity index (χ2v) is 12.2. The van der Waals surface area contributed by atoms with Crippen LogP contribution < -0.4 is 4.90 Å². The Morgan fingerprint density at radius 3 is 1.94 bits per heavy atom. The Hall–Kier alpha value is -6.64. The van der Waals surface area contributed by atoms with Gasteiger partial charge in [-0.3, -0.25) is 0 Å². The molecule has 0 unspecified atom stereocenters. The predicted octanol–water partition coefficient (Wildman–Crippen LogP) is 13.8. The van der Waals surface area contributed by atoms with Crippen LogP contribution in [0.1, 0.15) is 12.3 Å². The molecule has 10 aromatic rings. The molecule has 0 saturated heterocycles. The van der Waals surface area contributed by atoms with Crippen LogP contribution in [0.4, 0.5) is 17.1 Å². The first-order valence-corrected chi connectivity index (χ1v) is 16.4. The molecule has 10 rings (SSSR count). The molecule has 234 valence electrons. The van der Waals surface area contributed by atoms with Crippen molar-refractivity contribution in [2.24, 2.45) is 0 Å². The largest absolute Gasteiger partial charge is 0.455 e. The number of nitrogens with zero attached hydrogens (tertiary/aromatic N) is 1. The topological polar surface area (TPSA) is 16.4 Å². The lowest BCUT2D eigenvalue weighted by atomic mass is 9.95. The summed E-state index contributed by atoms with van der Waals surface area (Å²) in [5.74, 6) is 0. The number of hydrogen-bond acceptors (Lipinski definition) is 2. The van der Waals surface area contributed by atoms with E-state index in [2.05, 4.69) is 0 Å². The molecular formula is C48H31NO. The summed E-state index contributed by atoms with van der Waals surface area (Å²) in [5, 5.41) is 7.53. The van der Waals surface area contributed by atoms with Crippen LogP contribution in [0.15, 0.2) is 192 Å². The number of hydrogen-bond donors (Lipinski definition) is 0. The fourth-order valence-corrected chi connectivity index (χ4v) is 7.11. The third kappa shape index (κ3) is 4.57. The number of anilines is 3. The third-order valence-electron chi connectivity index (χ3n) is 9.40. The Morgan fingerprint density at radius 2 is 1.08 bits per heavy atom. The van der Waals surface area contributed by atoms with Crippen molar-refractivity contribution in [2.75, 3.05) is 4.90 Å². The van der Waals surface area contributed by atoms with Gasteiger partial charge in [0.25, 0.3) is 0 Å². The summed E-state index contributed by atoms with van der Waals surface area (Å²) in [6, 6.07) is 37.7. The van der Waals surface area contributed by atoms with Gasteiger partial charge in [-0.1, -0.05) is 139 Å². The van der Waals surface area contributed by atoms with E-state index in [1.807, 2.05) is 115 Å². The highest BCUT2D eigenvalue weighted by molar-refractivity contribution is 6.19. The van der Waals surface area contributed by atoms with E-state index in [-0.39, 0.29) is 34.7 Å². The lowest BCUT2D eigenvalue weighted by Crippen LogP contribution is -2.11. The number of rotatable bonds is 5. The Morgan fingerprint density at radius 1 is 0.440 bits per heavy atom. The van der Waals surface area contributed by atoms with Crippen molar-refractivity contribution in [3.05, 3.63) is 188 Å². The van der Waals surface area contributed by atoms with Gasteiger partial charge < -0.3 is 9.32 Å². The van der Waals surface area contributed by atoms with E-state index in [1.54, 1.807) is 18.2 Å². The molecule has 1 heterocycles. The second-order valence-electron chi connectivity index (χ2n) is 12.2. The molecule has 0 spiro atoms. The Labute approximate surface area is 302 Å². The molecule has 0 fully saturated rings. The highest BCUT2D eigenvalue weighted by Gasteiger charge is 2.21. The Kier molecular flexibility index (Phi) is 4.76. The molecule has 2 heteroatoms. The van der Waals surface area contributed by atoms with Crippen LogP contribution >= 0.6 is 0 Å². The first kappa shape index (κ1) is 20.7. The van der Waals surface area contributed by atoms with Crippen LogP contribution in [-0.4, -0.2) is 0 Å². The van der Waals surface area contributed by atoms with Gasteiger partial charge in [-0.2, -0.15) is 0 Å². The Balaban J connectivity index is 1.25. The minimum Gasteiger partial charge on any atom is -0.455 e. The lowest BCUT2D eigenvalue weighted by Gasteiger charge is -2.28. The summed E-state index contributed by atoms with van der Waals surface area (Å²) in [7, 11) is 0. The standard InChI is InChI=1S/C48H31NO/c1-2-13-37(14-3-1)49(38-27-23-32(24-28-38)35-26-29-40-36(31-35)22-21-33-11-4-6-15-39(33)40)45-19-9-8-17-42(45)43-18-10-20-46-47(43)44-30-25-34-12-5-7-16-41(34)48(44)50-46/h1-31H/i1D,2D,3D,13D,14D,23D,24D,27D,28D. The third-order valence-corrected chi connectivity index (χ3v) is 9.40. The molecule has 0 aliphatic heterocycles. The molecule has 2 nitrogen and oxygen atoms in total. The minimum absolute atomic E-state index is 0.0787. The van der Waals surface area contributed by atoms with Crippen molar-refractivity contribution in [1.82, 2.24) is 0 Å². The molecule has 0 bridgehead atoms. The van der Waals surface area contributed by atoms with E-state index in [0.29, 0.717) is 27.9 Å². The van der Waals surface area contributed by atoms with Crippen molar-refractivity contribution in [3.8, 4) is 22.3 Å². The Bertz CT molecular complexity index is 3350. The molecule has 1 aromatic heterocycles. The summed E-state index contributed by atoms with van der Waals surface area (Å²) >= 11 is 0. The SMILES string of the molecule is [2H]c1c([2H])c([2H])c(N(c2ccccc2-c2cccc3oc4c5ccccc5ccc4c23)c2c([2H])c([2H])c(-c3ccc4c(ccc5ccccc54)c3)c([2H])c2[2H])c([2H])c1[2H]. The van der Waals surface area contributed by atoms with Crippen LogP contribution in [0.5, 0.6) is 0 Å². The van der Waals surface area contributed by atoms with Crippen LogP contribution in [0, 0.1) is 0 Å². The second kappa shape index (κ2) is 11.5. The van der Waals surface area contributed by atoms with Crippen molar-refractivity contribution in [3.63, 3.8) is 0 Å². The molecular weight excluding hydrogens is 607 g/mol. The molecule has 0 saturated carbocycles. The van der Waals surface area contributed by atoms with E-state index in [0.717, 1.165) is 43.1 Å². The van der Waals surface area contributed by atoms with Gasteiger partial charge in [0.2, 0.25) is 0 Å². The first-order valence-electron chi connectivity index (χ1n) is 20.9. The maximum absolute atomic E-state index is 9.58. The summed E-state index contributed by atoms with van der Waals surface area (Å²) in [6.45, 7) is 0. The number of furan rings is 1. The quantitative estimate of drug-likeness (QED) is 0.173. The van der Waals surface area contributed by atoms with Gasteiger partial charge in [0, 0.05) is 33.1 Å². The molecule has 50 heavy (non-hydrogen) atoms. The van der Waals surface area contributed by atoms with Gasteiger partial charge in [0.05, 0.1) is 18.0 Å². The van der Waals surface area contributed by atoms with E-state index in [9.17, 15) is 5.48 Å². The molecule has 0 aliphatic carbocycles. The summed E-state index contributed by atoms with van der Waals surface area (Å²) in [4.78, 5) is 1.29. The molecule has 0 radical (unpaired) electrons. The highest BCUT2D eigenvalue weighted by Crippen LogP contribution is 2.45. The average molecular weight is 647 g/mol. The van der Waals surface area contributed by atoms with E-state index in [4.69, 9.17) is 11.3 Å².